The van der Waals surface area contributed by atoms with E-state index in [1.807, 2.05) is 24.3 Å². The predicted octanol–water partition coefficient (Wildman–Crippen LogP) is 2.64. The van der Waals surface area contributed by atoms with Crippen molar-refractivity contribution >= 4 is 17.2 Å². The van der Waals surface area contributed by atoms with Crippen LogP contribution in [0.25, 0.3) is 11.3 Å². The molecule has 1 aromatic heterocycles. The van der Waals surface area contributed by atoms with Gasteiger partial charge in [-0.05, 0) is 43.2 Å². The highest BCUT2D eigenvalue weighted by Gasteiger charge is 2.40. The molecule has 3 aromatic rings. The van der Waals surface area contributed by atoms with E-state index in [1.165, 1.54) is 5.69 Å². The second-order valence-electron chi connectivity index (χ2n) is 9.11. The first-order valence-electron chi connectivity index (χ1n) is 11.6. The first kappa shape index (κ1) is 20.1. The van der Waals surface area contributed by atoms with Gasteiger partial charge in [0.25, 0.3) is 0 Å². The zero-order valence-corrected chi connectivity index (χ0v) is 18.4. The molecule has 3 saturated heterocycles. The zero-order chi connectivity index (χ0) is 22.4. The van der Waals surface area contributed by atoms with E-state index >= 15 is 0 Å². The monoisotopic (exact) mass is 444 g/mol. The Hall–Kier alpha value is -3.52. The number of nitrogens with zero attached hydrogens (tertiary/aromatic N) is 4. The van der Waals surface area contributed by atoms with Crippen molar-refractivity contribution in [2.45, 2.75) is 31.0 Å². The van der Waals surface area contributed by atoms with Crippen molar-refractivity contribution in [2.75, 3.05) is 41.7 Å². The Balaban J connectivity index is 1.24. The first-order valence-corrected chi connectivity index (χ1v) is 11.6. The van der Waals surface area contributed by atoms with Crippen LogP contribution in [0.15, 0.2) is 54.6 Å². The Morgan fingerprint density at radius 3 is 2.48 bits per heavy atom. The number of hydrogen-bond donors (Lipinski definition) is 3. The Morgan fingerprint density at radius 2 is 1.76 bits per heavy atom. The zero-order valence-electron chi connectivity index (χ0n) is 18.4. The molecule has 0 amide bonds. The number of anilines is 3. The van der Waals surface area contributed by atoms with Gasteiger partial charge in [-0.25, -0.2) is 0 Å². The van der Waals surface area contributed by atoms with Gasteiger partial charge in [-0.3, -0.25) is 0 Å². The van der Waals surface area contributed by atoms with Gasteiger partial charge in [0, 0.05) is 55.6 Å². The molecule has 0 unspecified atom stereocenters. The molecule has 170 valence electrons. The number of phenols is 1. The Morgan fingerprint density at radius 1 is 0.970 bits per heavy atom. The van der Waals surface area contributed by atoms with E-state index < -0.39 is 0 Å². The largest absolute Gasteiger partial charge is 0.507 e. The van der Waals surface area contributed by atoms with Gasteiger partial charge in [-0.2, -0.15) is 0 Å². The average Bonchev–Trinajstić information content (AvgIpc) is 3.07. The van der Waals surface area contributed by atoms with Crippen LogP contribution in [0.4, 0.5) is 17.2 Å². The summed E-state index contributed by atoms with van der Waals surface area (Å²) in [5.41, 5.74) is 9.66. The molecule has 3 aliphatic rings. The number of para-hydroxylation sites is 1. The number of piperazine rings is 1. The number of phenolic OH excluding ortho intramolecular Hbond substituents is 1. The lowest BCUT2D eigenvalue weighted by Crippen LogP contribution is -2.54. The van der Waals surface area contributed by atoms with Crippen LogP contribution in [0.2, 0.25) is 0 Å². The standard InChI is InChI=1S/C25H28N6O2/c26-25-23(11-22(28-29-25)21-6-1-2-7-24(21)32)30-14-17-8-9-18(15-30)31(17)16-4-3-5-19(10-16)33-20-12-27-13-20/h1-7,10-11,17-18,20,27,32H,8-9,12-15H2,(H2,26,29)/t17-,18+. The molecular formula is C25H28N6O2. The lowest BCUT2D eigenvalue weighted by Gasteiger charge is -2.43. The molecule has 4 heterocycles. The Kier molecular flexibility index (Phi) is 4.95. The molecule has 4 N–H and O–H groups in total. The molecule has 0 saturated carbocycles. The lowest BCUT2D eigenvalue weighted by molar-refractivity contribution is 0.142. The van der Waals surface area contributed by atoms with Crippen LogP contribution >= 0.6 is 0 Å². The Bertz CT molecular complexity index is 1150. The number of nitrogens with two attached hydrogens (primary N) is 1. The molecule has 3 aliphatic heterocycles. The normalized spacial score (nSPS) is 22.3. The van der Waals surface area contributed by atoms with Crippen molar-refractivity contribution < 1.29 is 9.84 Å². The molecule has 8 heteroatoms. The van der Waals surface area contributed by atoms with E-state index in [4.69, 9.17) is 10.5 Å². The summed E-state index contributed by atoms with van der Waals surface area (Å²) in [6, 6.07) is 18.4. The van der Waals surface area contributed by atoms with Gasteiger partial charge in [0.2, 0.25) is 0 Å². The first-order chi connectivity index (χ1) is 16.2. The minimum absolute atomic E-state index is 0.187. The minimum atomic E-state index is 0.187. The van der Waals surface area contributed by atoms with Crippen LogP contribution in [0.1, 0.15) is 12.8 Å². The number of benzene rings is 2. The second kappa shape index (κ2) is 8.12. The number of aromatic hydroxyl groups is 1. The number of hydrogen-bond acceptors (Lipinski definition) is 8. The smallest absolute Gasteiger partial charge is 0.169 e. The summed E-state index contributed by atoms with van der Waals surface area (Å²) in [4.78, 5) is 4.88. The molecular weight excluding hydrogens is 416 g/mol. The molecule has 8 nitrogen and oxygen atoms in total. The van der Waals surface area contributed by atoms with Gasteiger partial charge >= 0.3 is 0 Å². The molecule has 3 fully saturated rings. The fourth-order valence-electron chi connectivity index (χ4n) is 5.24. The van der Waals surface area contributed by atoms with Gasteiger partial charge < -0.3 is 30.7 Å². The van der Waals surface area contributed by atoms with Crippen LogP contribution in [0, 0.1) is 0 Å². The highest BCUT2D eigenvalue weighted by atomic mass is 16.5. The van der Waals surface area contributed by atoms with Gasteiger partial charge in [0.05, 0.1) is 11.4 Å². The van der Waals surface area contributed by atoms with Crippen molar-refractivity contribution in [1.82, 2.24) is 15.5 Å². The number of rotatable bonds is 5. The van der Waals surface area contributed by atoms with Gasteiger partial charge in [-0.1, -0.05) is 18.2 Å². The van der Waals surface area contributed by atoms with Crippen molar-refractivity contribution in [3.8, 4) is 22.8 Å². The number of fused-ring (bicyclic) bond motifs is 2. The fourth-order valence-corrected chi connectivity index (χ4v) is 5.24. The minimum Gasteiger partial charge on any atom is -0.507 e. The van der Waals surface area contributed by atoms with Crippen LogP contribution in [-0.4, -0.2) is 59.7 Å². The Labute approximate surface area is 193 Å². The van der Waals surface area contributed by atoms with Crippen molar-refractivity contribution in [1.29, 1.82) is 0 Å². The third kappa shape index (κ3) is 3.70. The number of nitrogen functional groups attached to an aromatic ring is 1. The summed E-state index contributed by atoms with van der Waals surface area (Å²) in [7, 11) is 0. The van der Waals surface area contributed by atoms with Crippen LogP contribution < -0.4 is 25.6 Å². The fraction of sp³-hybridized carbons (Fsp3) is 0.360. The molecule has 2 aromatic carbocycles. The molecule has 0 aliphatic carbocycles. The van der Waals surface area contributed by atoms with E-state index in [0.717, 1.165) is 50.5 Å². The molecule has 33 heavy (non-hydrogen) atoms. The van der Waals surface area contributed by atoms with Crippen molar-refractivity contribution in [2.24, 2.45) is 0 Å². The lowest BCUT2D eigenvalue weighted by atomic mass is 10.1. The third-order valence-electron chi connectivity index (χ3n) is 6.97. The van der Waals surface area contributed by atoms with Crippen molar-refractivity contribution in [3.63, 3.8) is 0 Å². The molecule has 2 bridgehead atoms. The number of aromatic nitrogens is 2. The van der Waals surface area contributed by atoms with E-state index in [-0.39, 0.29) is 11.9 Å². The van der Waals surface area contributed by atoms with Gasteiger partial charge in [-0.15, -0.1) is 10.2 Å². The van der Waals surface area contributed by atoms with Crippen LogP contribution in [0.3, 0.4) is 0 Å². The summed E-state index contributed by atoms with van der Waals surface area (Å²) >= 11 is 0. The van der Waals surface area contributed by atoms with E-state index in [1.54, 1.807) is 12.1 Å². The van der Waals surface area contributed by atoms with Crippen LogP contribution in [-0.2, 0) is 0 Å². The average molecular weight is 445 g/mol. The highest BCUT2D eigenvalue weighted by molar-refractivity contribution is 5.74. The number of nitrogens with one attached hydrogen (secondary N) is 1. The summed E-state index contributed by atoms with van der Waals surface area (Å²) < 4.78 is 6.09. The van der Waals surface area contributed by atoms with E-state index in [2.05, 4.69) is 43.5 Å². The molecule has 6 rings (SSSR count). The predicted molar refractivity (Wildman–Crippen MR) is 129 cm³/mol. The second-order valence-corrected chi connectivity index (χ2v) is 9.11. The summed E-state index contributed by atoms with van der Waals surface area (Å²) in [6.45, 7) is 3.56. The van der Waals surface area contributed by atoms with Gasteiger partial charge in [0.15, 0.2) is 5.82 Å². The molecule has 0 radical (unpaired) electrons. The van der Waals surface area contributed by atoms with E-state index in [9.17, 15) is 5.11 Å². The van der Waals surface area contributed by atoms with Crippen LogP contribution in [0.5, 0.6) is 11.5 Å². The maximum atomic E-state index is 10.3. The highest BCUT2D eigenvalue weighted by Crippen LogP contribution is 2.39. The van der Waals surface area contributed by atoms with Crippen molar-refractivity contribution in [3.05, 3.63) is 54.6 Å². The van der Waals surface area contributed by atoms with Gasteiger partial charge in [0.1, 0.15) is 17.6 Å². The quantitative estimate of drug-likeness (QED) is 0.552. The third-order valence-corrected chi connectivity index (χ3v) is 6.97. The summed E-state index contributed by atoms with van der Waals surface area (Å²) in [5.74, 6) is 1.55. The maximum Gasteiger partial charge on any atom is 0.169 e. The SMILES string of the molecule is Nc1nnc(-c2ccccc2O)cc1N1C[C@H]2CC[C@@H](C1)N2c1cccc(OC2CNC2)c1. The molecule has 0 spiro atoms. The molecule has 2 atom stereocenters. The summed E-state index contributed by atoms with van der Waals surface area (Å²) in [5, 5.41) is 22.0. The summed E-state index contributed by atoms with van der Waals surface area (Å²) in [6.07, 6.45) is 2.56. The topological polar surface area (TPSA) is 99.8 Å². The number of ether oxygens (including phenoxy) is 1. The van der Waals surface area contributed by atoms with E-state index in [0.29, 0.717) is 29.2 Å². The maximum absolute atomic E-state index is 10.3.